The van der Waals surface area contributed by atoms with E-state index in [1.165, 1.54) is 7.05 Å². The van der Waals surface area contributed by atoms with E-state index in [0.29, 0.717) is 23.9 Å². The summed E-state index contributed by atoms with van der Waals surface area (Å²) in [5.74, 6) is -0.662. The molecular weight excluding hydrogens is 320 g/mol. The average Bonchev–Trinajstić information content (AvgIpc) is 2.61. The number of rotatable bonds is 6. The molecule has 1 aromatic heterocycles. The molecule has 0 atom stereocenters. The lowest BCUT2D eigenvalue weighted by molar-refractivity contribution is -0.131. The van der Waals surface area contributed by atoms with E-state index in [1.54, 1.807) is 29.2 Å². The summed E-state index contributed by atoms with van der Waals surface area (Å²) in [7, 11) is 1.49. The summed E-state index contributed by atoms with van der Waals surface area (Å²) in [6.45, 7) is 8.18. The number of nitrogens with one attached hydrogen (secondary N) is 1. The van der Waals surface area contributed by atoms with Gasteiger partial charge in [-0.3, -0.25) is 14.4 Å². The van der Waals surface area contributed by atoms with E-state index in [4.69, 9.17) is 0 Å². The van der Waals surface area contributed by atoms with E-state index in [9.17, 15) is 14.4 Å². The van der Waals surface area contributed by atoms with E-state index in [0.717, 1.165) is 10.3 Å². The number of amides is 2. The van der Waals surface area contributed by atoms with Gasteiger partial charge < -0.3 is 10.2 Å². The molecule has 2 rings (SSSR count). The zero-order valence-corrected chi connectivity index (χ0v) is 14.7. The summed E-state index contributed by atoms with van der Waals surface area (Å²) in [5.41, 5.74) is 0.566. The highest BCUT2D eigenvalue weighted by atomic mass is 16.2. The number of hydrogen-bond donors (Lipinski definition) is 1. The molecule has 1 heterocycles. The highest BCUT2D eigenvalue weighted by Gasteiger charge is 2.19. The summed E-state index contributed by atoms with van der Waals surface area (Å²) >= 11 is 0. The van der Waals surface area contributed by atoms with E-state index >= 15 is 0 Å². The minimum absolute atomic E-state index is 0.119. The van der Waals surface area contributed by atoms with E-state index in [1.807, 2.05) is 13.8 Å². The van der Waals surface area contributed by atoms with Crippen molar-refractivity contribution in [3.63, 3.8) is 0 Å². The van der Waals surface area contributed by atoms with Crippen LogP contribution in [0.1, 0.15) is 24.3 Å². The van der Waals surface area contributed by atoms with Crippen LogP contribution < -0.4 is 10.9 Å². The summed E-state index contributed by atoms with van der Waals surface area (Å²) in [6, 6.07) is 6.73. The fourth-order valence-corrected chi connectivity index (χ4v) is 2.56. The van der Waals surface area contributed by atoms with Crippen molar-refractivity contribution in [1.82, 2.24) is 20.0 Å². The number of carbonyl (C=O) groups is 2. The number of nitrogens with zero attached hydrogens (tertiary/aromatic N) is 3. The third kappa shape index (κ3) is 3.93. The molecule has 0 fully saturated rings. The first-order valence-electron chi connectivity index (χ1n) is 8.03. The number of hydrogen-bond acceptors (Lipinski definition) is 4. The largest absolute Gasteiger partial charge is 0.354 e. The molecule has 25 heavy (non-hydrogen) atoms. The Morgan fingerprint density at radius 3 is 2.48 bits per heavy atom. The van der Waals surface area contributed by atoms with Crippen LogP contribution in [0, 0.1) is 0 Å². The van der Waals surface area contributed by atoms with Gasteiger partial charge in [0.05, 0.1) is 5.39 Å². The first kappa shape index (κ1) is 18.4. The van der Waals surface area contributed by atoms with Crippen LogP contribution in [0.5, 0.6) is 0 Å². The molecule has 0 aliphatic carbocycles. The van der Waals surface area contributed by atoms with Crippen LogP contribution in [-0.2, 0) is 11.3 Å². The van der Waals surface area contributed by atoms with Gasteiger partial charge in [0.1, 0.15) is 6.54 Å². The fraction of sp³-hybridized carbons (Fsp3) is 0.333. The van der Waals surface area contributed by atoms with E-state index in [-0.39, 0.29) is 18.1 Å². The Kier molecular flexibility index (Phi) is 5.69. The molecule has 0 aliphatic heterocycles. The molecule has 1 N–H and O–H groups in total. The Balaban J connectivity index is 2.49. The molecule has 2 amide bonds. The smallest absolute Gasteiger partial charge is 0.275 e. The zero-order valence-electron chi connectivity index (χ0n) is 14.7. The predicted molar refractivity (Wildman–Crippen MR) is 96.5 cm³/mol. The molecule has 2 aromatic rings. The molecule has 7 nitrogen and oxygen atoms in total. The molecule has 132 valence electrons. The Morgan fingerprint density at radius 1 is 1.28 bits per heavy atom. The zero-order chi connectivity index (χ0) is 18.6. The van der Waals surface area contributed by atoms with E-state index < -0.39 is 11.5 Å². The molecule has 0 saturated heterocycles. The molecule has 7 heteroatoms. The average molecular weight is 342 g/mol. The Labute approximate surface area is 145 Å². The molecule has 0 spiro atoms. The van der Waals surface area contributed by atoms with Crippen molar-refractivity contribution in [2.45, 2.75) is 20.4 Å². The second-order valence-electron chi connectivity index (χ2n) is 5.80. The van der Waals surface area contributed by atoms with Gasteiger partial charge in [0.15, 0.2) is 5.69 Å². The maximum atomic E-state index is 12.6. The Morgan fingerprint density at radius 2 is 1.92 bits per heavy atom. The SMILES string of the molecule is C=C(C)CN(CC)C(=O)Cn1nc(C(=O)NC)c2ccccc2c1=O. The van der Waals surface area contributed by atoms with Crippen molar-refractivity contribution < 1.29 is 9.59 Å². The minimum Gasteiger partial charge on any atom is -0.354 e. The number of likely N-dealkylation sites (N-methyl/N-ethyl adjacent to an activating group) is 1. The third-order valence-corrected chi connectivity index (χ3v) is 3.79. The minimum atomic E-state index is -0.410. The Bertz CT molecular complexity index is 886. The van der Waals surface area contributed by atoms with Gasteiger partial charge in [-0.25, -0.2) is 4.68 Å². The number of fused-ring (bicyclic) bond motifs is 1. The van der Waals surface area contributed by atoms with Crippen molar-refractivity contribution in [3.05, 3.63) is 52.5 Å². The molecule has 0 aliphatic rings. The fourth-order valence-electron chi connectivity index (χ4n) is 2.56. The summed E-state index contributed by atoms with van der Waals surface area (Å²) in [4.78, 5) is 38.8. The standard InChI is InChI=1S/C18H22N4O3/c1-5-21(10-12(2)3)15(23)11-22-18(25)14-9-7-6-8-13(14)16(20-22)17(24)19-4/h6-9H,2,5,10-11H2,1,3-4H3,(H,19,24). The van der Waals surface area contributed by atoms with Gasteiger partial charge in [0.25, 0.3) is 11.5 Å². The van der Waals surface area contributed by atoms with E-state index in [2.05, 4.69) is 17.0 Å². The lowest BCUT2D eigenvalue weighted by Crippen LogP contribution is -2.39. The second-order valence-corrected chi connectivity index (χ2v) is 5.80. The molecule has 0 radical (unpaired) electrons. The van der Waals surface area contributed by atoms with Gasteiger partial charge in [-0.05, 0) is 19.9 Å². The molecule has 1 aromatic carbocycles. The van der Waals surface area contributed by atoms with Gasteiger partial charge in [-0.15, -0.1) is 0 Å². The van der Waals surface area contributed by atoms with Crippen LogP contribution in [0.2, 0.25) is 0 Å². The first-order valence-corrected chi connectivity index (χ1v) is 8.03. The maximum Gasteiger partial charge on any atom is 0.275 e. The van der Waals surface area contributed by atoms with Crippen molar-refractivity contribution >= 4 is 22.6 Å². The van der Waals surface area contributed by atoms with Crippen molar-refractivity contribution in [2.75, 3.05) is 20.1 Å². The van der Waals surface area contributed by atoms with Gasteiger partial charge in [0, 0.05) is 25.5 Å². The normalized spacial score (nSPS) is 10.5. The van der Waals surface area contributed by atoms with Gasteiger partial charge in [-0.2, -0.15) is 5.10 Å². The second kappa shape index (κ2) is 7.74. The molecule has 0 saturated carbocycles. The number of carbonyl (C=O) groups excluding carboxylic acids is 2. The molecule has 0 unspecified atom stereocenters. The number of benzene rings is 1. The van der Waals surface area contributed by atoms with Crippen molar-refractivity contribution in [1.29, 1.82) is 0 Å². The monoisotopic (exact) mass is 342 g/mol. The predicted octanol–water partition coefficient (Wildman–Crippen LogP) is 1.18. The first-order chi connectivity index (χ1) is 11.9. The van der Waals surface area contributed by atoms with Gasteiger partial charge >= 0.3 is 0 Å². The highest BCUT2D eigenvalue weighted by Crippen LogP contribution is 2.13. The van der Waals surface area contributed by atoms with Crippen LogP contribution in [-0.4, -0.2) is 46.6 Å². The molecule has 0 bridgehead atoms. The summed E-state index contributed by atoms with van der Waals surface area (Å²) < 4.78 is 1.05. The van der Waals surface area contributed by atoms with Crippen molar-refractivity contribution in [3.8, 4) is 0 Å². The van der Waals surface area contributed by atoms with Crippen LogP contribution in [0.15, 0.2) is 41.2 Å². The van der Waals surface area contributed by atoms with Crippen LogP contribution >= 0.6 is 0 Å². The number of aromatic nitrogens is 2. The van der Waals surface area contributed by atoms with Crippen LogP contribution in [0.3, 0.4) is 0 Å². The van der Waals surface area contributed by atoms with Crippen LogP contribution in [0.4, 0.5) is 0 Å². The lowest BCUT2D eigenvalue weighted by Gasteiger charge is -2.21. The van der Waals surface area contributed by atoms with Crippen LogP contribution in [0.25, 0.3) is 10.8 Å². The highest BCUT2D eigenvalue weighted by molar-refractivity contribution is 6.04. The Hall–Kier alpha value is -2.96. The topological polar surface area (TPSA) is 84.3 Å². The third-order valence-electron chi connectivity index (χ3n) is 3.79. The summed E-state index contributed by atoms with van der Waals surface area (Å²) in [6.07, 6.45) is 0. The summed E-state index contributed by atoms with van der Waals surface area (Å²) in [5, 5.41) is 7.46. The maximum absolute atomic E-state index is 12.6. The van der Waals surface area contributed by atoms with Gasteiger partial charge in [-0.1, -0.05) is 30.4 Å². The van der Waals surface area contributed by atoms with Crippen molar-refractivity contribution in [2.24, 2.45) is 0 Å². The van der Waals surface area contributed by atoms with Gasteiger partial charge in [0.2, 0.25) is 5.91 Å². The lowest BCUT2D eigenvalue weighted by atomic mass is 10.1. The molecular formula is C18H22N4O3. The quantitative estimate of drug-likeness (QED) is 0.799.